The molecule has 0 aliphatic carbocycles. The number of ether oxygens (including phenoxy) is 3. The summed E-state index contributed by atoms with van der Waals surface area (Å²) in [4.78, 5) is 30.6. The maximum absolute atomic E-state index is 13.5. The highest BCUT2D eigenvalue weighted by Gasteiger charge is 2.43. The Bertz CT molecular complexity index is 1200. The smallest absolute Gasteiger partial charge is 0.290 e. The quantitative estimate of drug-likeness (QED) is 0.403. The first kappa shape index (κ1) is 28.4. The summed E-state index contributed by atoms with van der Waals surface area (Å²) in [7, 11) is 1.56. The number of amides is 1. The van der Waals surface area contributed by atoms with Crippen LogP contribution < -0.4 is 9.47 Å². The molecule has 8 nitrogen and oxygen atoms in total. The molecule has 2 aromatic carbocycles. The lowest BCUT2D eigenvalue weighted by atomic mass is 9.95. The van der Waals surface area contributed by atoms with Crippen molar-refractivity contribution in [2.45, 2.75) is 26.3 Å². The lowest BCUT2D eigenvalue weighted by Gasteiger charge is -2.31. The minimum absolute atomic E-state index is 0.0599. The Morgan fingerprint density at radius 2 is 1.85 bits per heavy atom. The van der Waals surface area contributed by atoms with Gasteiger partial charge < -0.3 is 24.2 Å². The molecule has 8 heteroatoms. The number of allylic oxidation sites excluding steroid dienone is 1. The Kier molecular flexibility index (Phi) is 9.79. The van der Waals surface area contributed by atoms with Crippen molar-refractivity contribution in [3.05, 3.63) is 77.1 Å². The molecule has 1 atom stereocenters. The first-order valence-electron chi connectivity index (χ1n) is 13.5. The van der Waals surface area contributed by atoms with E-state index in [0.717, 1.165) is 25.1 Å². The first-order valence-corrected chi connectivity index (χ1v) is 13.5. The average molecular weight is 535 g/mol. The molecule has 4 rings (SSSR count). The van der Waals surface area contributed by atoms with Crippen LogP contribution in [0.15, 0.2) is 65.9 Å². The summed E-state index contributed by atoms with van der Waals surface area (Å²) >= 11 is 0. The van der Waals surface area contributed by atoms with Crippen LogP contribution >= 0.6 is 0 Å². The molecule has 1 fully saturated rings. The molecule has 2 aliphatic rings. The zero-order valence-corrected chi connectivity index (χ0v) is 23.0. The van der Waals surface area contributed by atoms with E-state index in [4.69, 9.17) is 14.2 Å². The van der Waals surface area contributed by atoms with Gasteiger partial charge >= 0.3 is 0 Å². The number of carbonyl (C=O) groups is 2. The molecule has 2 aliphatic heterocycles. The monoisotopic (exact) mass is 534 g/mol. The van der Waals surface area contributed by atoms with Crippen molar-refractivity contribution in [3.63, 3.8) is 0 Å². The van der Waals surface area contributed by atoms with Crippen molar-refractivity contribution in [3.8, 4) is 11.5 Å². The van der Waals surface area contributed by atoms with Gasteiger partial charge in [0.05, 0.1) is 38.5 Å². The SMILES string of the molecule is COc1cc(C2C(C(=O)C=Cc3ccccc3)=C(O)C(=O)N2CCN2CCOCC2)ccc1OCCC(C)C. The van der Waals surface area contributed by atoms with E-state index in [1.54, 1.807) is 30.2 Å². The van der Waals surface area contributed by atoms with Crippen LogP contribution in [-0.2, 0) is 14.3 Å². The van der Waals surface area contributed by atoms with Gasteiger partial charge in [-0.25, -0.2) is 0 Å². The van der Waals surface area contributed by atoms with Crippen LogP contribution in [0.5, 0.6) is 11.5 Å². The standard InChI is InChI=1S/C31H38N2O6/c1-22(2)13-18-39-26-12-10-24(21-27(26)37-3)29-28(25(34)11-9-23-7-5-4-6-8-23)30(35)31(36)33(29)15-14-32-16-19-38-20-17-32/h4-12,21-22,29,35H,13-20H2,1-3H3. The molecule has 1 saturated heterocycles. The number of nitrogens with zero attached hydrogens (tertiary/aromatic N) is 2. The van der Waals surface area contributed by atoms with E-state index in [1.165, 1.54) is 6.08 Å². The van der Waals surface area contributed by atoms with Crippen LogP contribution in [0.4, 0.5) is 0 Å². The maximum atomic E-state index is 13.5. The van der Waals surface area contributed by atoms with Gasteiger partial charge in [0.25, 0.3) is 5.91 Å². The van der Waals surface area contributed by atoms with Gasteiger partial charge in [-0.05, 0) is 41.7 Å². The molecule has 0 saturated carbocycles. The Balaban J connectivity index is 1.64. The number of methoxy groups -OCH3 is 1. The van der Waals surface area contributed by atoms with Crippen LogP contribution in [0.2, 0.25) is 0 Å². The zero-order valence-electron chi connectivity index (χ0n) is 23.0. The molecule has 208 valence electrons. The topological polar surface area (TPSA) is 88.5 Å². The molecular weight excluding hydrogens is 496 g/mol. The Hall–Kier alpha value is -3.62. The Morgan fingerprint density at radius 1 is 1.10 bits per heavy atom. The second kappa shape index (κ2) is 13.4. The van der Waals surface area contributed by atoms with Crippen LogP contribution in [0.25, 0.3) is 6.08 Å². The molecule has 0 spiro atoms. The van der Waals surface area contributed by atoms with Gasteiger partial charge in [0, 0.05) is 26.2 Å². The summed E-state index contributed by atoms with van der Waals surface area (Å²) < 4.78 is 17.0. The number of rotatable bonds is 12. The van der Waals surface area contributed by atoms with Gasteiger partial charge in [-0.2, -0.15) is 0 Å². The predicted octanol–water partition coefficient (Wildman–Crippen LogP) is 4.43. The van der Waals surface area contributed by atoms with Gasteiger partial charge in [0.1, 0.15) is 0 Å². The van der Waals surface area contributed by atoms with Gasteiger partial charge in [-0.1, -0.05) is 56.3 Å². The summed E-state index contributed by atoms with van der Waals surface area (Å²) in [6.07, 6.45) is 4.00. The minimum atomic E-state index is -0.759. The third-order valence-electron chi connectivity index (χ3n) is 7.01. The maximum Gasteiger partial charge on any atom is 0.290 e. The van der Waals surface area contributed by atoms with Crippen molar-refractivity contribution < 1.29 is 28.9 Å². The van der Waals surface area contributed by atoms with Gasteiger partial charge in [-0.3, -0.25) is 14.5 Å². The molecule has 0 bridgehead atoms. The highest BCUT2D eigenvalue weighted by molar-refractivity contribution is 6.14. The lowest BCUT2D eigenvalue weighted by molar-refractivity contribution is -0.129. The fourth-order valence-electron chi connectivity index (χ4n) is 4.76. The van der Waals surface area contributed by atoms with E-state index < -0.39 is 23.5 Å². The van der Waals surface area contributed by atoms with E-state index in [1.807, 2.05) is 36.4 Å². The number of morpholine rings is 1. The van der Waals surface area contributed by atoms with Gasteiger partial charge in [0.15, 0.2) is 23.0 Å². The fraction of sp³-hybridized carbons (Fsp3) is 0.419. The summed E-state index contributed by atoms with van der Waals surface area (Å²) in [5.41, 5.74) is 1.57. The highest BCUT2D eigenvalue weighted by atomic mass is 16.5. The van der Waals surface area contributed by atoms with E-state index in [2.05, 4.69) is 18.7 Å². The third kappa shape index (κ3) is 7.07. The normalized spacial score (nSPS) is 18.4. The number of ketones is 1. The molecule has 1 N–H and O–H groups in total. The van der Waals surface area contributed by atoms with Gasteiger partial charge in [-0.15, -0.1) is 0 Å². The van der Waals surface area contributed by atoms with Crippen molar-refractivity contribution >= 4 is 17.8 Å². The van der Waals surface area contributed by atoms with Crippen LogP contribution in [0.3, 0.4) is 0 Å². The number of aliphatic hydroxyl groups is 1. The summed E-state index contributed by atoms with van der Waals surface area (Å²) in [6.45, 7) is 8.60. The second-order valence-electron chi connectivity index (χ2n) is 10.2. The van der Waals surface area contributed by atoms with Crippen molar-refractivity contribution in [2.75, 3.05) is 53.1 Å². The number of carbonyl (C=O) groups excluding carboxylic acids is 2. The van der Waals surface area contributed by atoms with Crippen LogP contribution in [-0.4, -0.2) is 79.7 Å². The van der Waals surface area contributed by atoms with Crippen LogP contribution in [0, 0.1) is 5.92 Å². The predicted molar refractivity (Wildman–Crippen MR) is 150 cm³/mol. The largest absolute Gasteiger partial charge is 0.503 e. The van der Waals surface area contributed by atoms with Gasteiger partial charge in [0.2, 0.25) is 0 Å². The van der Waals surface area contributed by atoms with Crippen molar-refractivity contribution in [2.24, 2.45) is 5.92 Å². The molecular formula is C31H38N2O6. The number of hydrogen-bond donors (Lipinski definition) is 1. The summed E-state index contributed by atoms with van der Waals surface area (Å²) in [6, 6.07) is 14.1. The second-order valence-corrected chi connectivity index (χ2v) is 10.2. The summed E-state index contributed by atoms with van der Waals surface area (Å²) in [5, 5.41) is 11.0. The van der Waals surface area contributed by atoms with E-state index in [9.17, 15) is 14.7 Å². The fourth-order valence-corrected chi connectivity index (χ4v) is 4.76. The molecule has 2 aromatic rings. The Morgan fingerprint density at radius 3 is 2.54 bits per heavy atom. The first-order chi connectivity index (χ1) is 18.9. The minimum Gasteiger partial charge on any atom is -0.503 e. The third-order valence-corrected chi connectivity index (χ3v) is 7.01. The molecule has 1 amide bonds. The molecule has 1 unspecified atom stereocenters. The molecule has 39 heavy (non-hydrogen) atoms. The number of hydrogen-bond acceptors (Lipinski definition) is 7. The average Bonchev–Trinajstić information content (AvgIpc) is 3.21. The highest BCUT2D eigenvalue weighted by Crippen LogP contribution is 2.41. The van der Waals surface area contributed by atoms with Crippen molar-refractivity contribution in [1.82, 2.24) is 9.80 Å². The van der Waals surface area contributed by atoms with E-state index in [0.29, 0.717) is 55.9 Å². The summed E-state index contributed by atoms with van der Waals surface area (Å²) in [5.74, 6) is 0.123. The van der Waals surface area contributed by atoms with Crippen LogP contribution in [0.1, 0.15) is 37.4 Å². The molecule has 0 aromatic heterocycles. The zero-order chi connectivity index (χ0) is 27.8. The number of benzene rings is 2. The number of aliphatic hydroxyl groups excluding tert-OH is 1. The molecule has 2 heterocycles. The lowest BCUT2D eigenvalue weighted by Crippen LogP contribution is -2.43. The Labute approximate surface area is 230 Å². The van der Waals surface area contributed by atoms with E-state index in [-0.39, 0.29) is 5.57 Å². The van der Waals surface area contributed by atoms with E-state index >= 15 is 0 Å². The van der Waals surface area contributed by atoms with Crippen molar-refractivity contribution in [1.29, 1.82) is 0 Å². The molecule has 0 radical (unpaired) electrons.